The molecule has 0 radical (unpaired) electrons. The number of carboxylic acids is 1. The monoisotopic (exact) mass is 498 g/mol. The highest BCUT2D eigenvalue weighted by Crippen LogP contribution is 2.21. The van der Waals surface area contributed by atoms with Crippen LogP contribution in [-0.4, -0.2) is 46.1 Å². The number of pyridine rings is 2. The largest absolute Gasteiger partial charge is 0.492 e. The Balaban J connectivity index is 1.31. The molecule has 8 nitrogen and oxygen atoms in total. The molecule has 3 heterocycles. The second-order valence-electron chi connectivity index (χ2n) is 8.09. The lowest BCUT2D eigenvalue weighted by Gasteiger charge is -2.17. The highest BCUT2D eigenvalue weighted by Gasteiger charge is 2.24. The fourth-order valence-corrected chi connectivity index (χ4v) is 4.00. The smallest absolute Gasteiger partial charge is 0.326 e. The maximum atomic E-state index is 14.0. The van der Waals surface area contributed by atoms with Crippen molar-refractivity contribution in [1.29, 1.82) is 0 Å². The summed E-state index contributed by atoms with van der Waals surface area (Å²) in [5.41, 5.74) is 2.18. The van der Waals surface area contributed by atoms with Crippen molar-refractivity contribution in [3.05, 3.63) is 82.0 Å². The van der Waals surface area contributed by atoms with Gasteiger partial charge in [-0.15, -0.1) is 0 Å². The Labute approximate surface area is 206 Å². The third-order valence-electron chi connectivity index (χ3n) is 5.58. The summed E-state index contributed by atoms with van der Waals surface area (Å²) in [5.74, 6) is -1.55. The number of aryl methyl sites for hydroxylation is 1. The van der Waals surface area contributed by atoms with E-state index in [0.29, 0.717) is 24.5 Å². The molecule has 182 valence electrons. The van der Waals surface area contributed by atoms with E-state index in [1.807, 2.05) is 6.07 Å². The van der Waals surface area contributed by atoms with Crippen LogP contribution in [-0.2, 0) is 24.1 Å². The molecule has 0 bridgehead atoms. The Bertz CT molecular complexity index is 1200. The van der Waals surface area contributed by atoms with Crippen molar-refractivity contribution < 1.29 is 23.8 Å². The molecule has 4 rings (SSSR count). The maximum absolute atomic E-state index is 14.0. The van der Waals surface area contributed by atoms with Gasteiger partial charge in [0, 0.05) is 30.8 Å². The van der Waals surface area contributed by atoms with Crippen LogP contribution in [0.15, 0.2) is 48.7 Å². The second kappa shape index (κ2) is 11.1. The number of benzene rings is 1. The van der Waals surface area contributed by atoms with E-state index < -0.39 is 29.3 Å². The summed E-state index contributed by atoms with van der Waals surface area (Å²) in [6.07, 6.45) is 4.17. The van der Waals surface area contributed by atoms with Crippen LogP contribution in [0.2, 0.25) is 5.02 Å². The quantitative estimate of drug-likeness (QED) is 0.412. The molecule has 0 fully saturated rings. The van der Waals surface area contributed by atoms with Gasteiger partial charge in [0.1, 0.15) is 23.4 Å². The van der Waals surface area contributed by atoms with Gasteiger partial charge in [0.25, 0.3) is 5.91 Å². The molecule has 0 aliphatic carbocycles. The molecule has 35 heavy (non-hydrogen) atoms. The number of carbonyl (C=O) groups excluding carboxylic acids is 1. The number of anilines is 1. The highest BCUT2D eigenvalue weighted by molar-refractivity contribution is 6.33. The van der Waals surface area contributed by atoms with E-state index in [0.717, 1.165) is 37.0 Å². The van der Waals surface area contributed by atoms with Gasteiger partial charge >= 0.3 is 5.97 Å². The number of nitrogens with zero attached hydrogens (tertiary/aromatic N) is 2. The van der Waals surface area contributed by atoms with Gasteiger partial charge in [0.15, 0.2) is 0 Å². The molecule has 1 amide bonds. The SMILES string of the molecule is O=C(N[C@@H](Cc1ccc(OCCc2ccc3c(n2)NCCC3)cn1)C(=O)O)c1c(F)cccc1Cl. The van der Waals surface area contributed by atoms with Crippen LogP contribution in [0.5, 0.6) is 5.75 Å². The Morgan fingerprint density at radius 1 is 1.20 bits per heavy atom. The molecule has 0 unspecified atom stereocenters. The van der Waals surface area contributed by atoms with Gasteiger partial charge in [-0.1, -0.05) is 23.7 Å². The molecular formula is C25H24ClFN4O4. The summed E-state index contributed by atoms with van der Waals surface area (Å²) >= 11 is 5.90. The maximum Gasteiger partial charge on any atom is 0.326 e. The first-order valence-corrected chi connectivity index (χ1v) is 11.6. The zero-order valence-electron chi connectivity index (χ0n) is 18.8. The van der Waals surface area contributed by atoms with Crippen molar-refractivity contribution in [3.8, 4) is 5.75 Å². The Hall–Kier alpha value is -3.72. The minimum Gasteiger partial charge on any atom is -0.492 e. The van der Waals surface area contributed by atoms with E-state index in [4.69, 9.17) is 16.3 Å². The van der Waals surface area contributed by atoms with Crippen molar-refractivity contribution in [2.75, 3.05) is 18.5 Å². The summed E-state index contributed by atoms with van der Waals surface area (Å²) in [6.45, 7) is 1.34. The predicted molar refractivity (Wildman–Crippen MR) is 128 cm³/mol. The minimum atomic E-state index is -1.32. The van der Waals surface area contributed by atoms with E-state index in [9.17, 15) is 19.1 Å². The molecule has 0 saturated heterocycles. The summed E-state index contributed by atoms with van der Waals surface area (Å²) in [5, 5.41) is 15.0. The van der Waals surface area contributed by atoms with Crippen LogP contribution in [0.25, 0.3) is 0 Å². The Morgan fingerprint density at radius 3 is 2.77 bits per heavy atom. The number of hydrogen-bond donors (Lipinski definition) is 3. The zero-order chi connectivity index (χ0) is 24.8. The fraction of sp³-hybridized carbons (Fsp3) is 0.280. The molecule has 10 heteroatoms. The molecule has 1 aliphatic rings. The Kier molecular flexibility index (Phi) is 7.77. The van der Waals surface area contributed by atoms with Gasteiger partial charge in [-0.3, -0.25) is 9.78 Å². The number of carbonyl (C=O) groups is 2. The first-order valence-electron chi connectivity index (χ1n) is 11.2. The van der Waals surface area contributed by atoms with E-state index in [2.05, 4.69) is 26.7 Å². The number of ether oxygens (including phenoxy) is 1. The van der Waals surface area contributed by atoms with Crippen LogP contribution >= 0.6 is 11.6 Å². The van der Waals surface area contributed by atoms with E-state index in [1.54, 1.807) is 12.1 Å². The number of rotatable bonds is 9. The van der Waals surface area contributed by atoms with Gasteiger partial charge in [0.05, 0.1) is 23.4 Å². The van der Waals surface area contributed by atoms with Crippen LogP contribution in [0.1, 0.15) is 33.7 Å². The molecule has 1 aliphatic heterocycles. The number of fused-ring (bicyclic) bond motifs is 1. The van der Waals surface area contributed by atoms with E-state index >= 15 is 0 Å². The summed E-state index contributed by atoms with van der Waals surface area (Å²) in [6, 6.07) is 9.87. The predicted octanol–water partition coefficient (Wildman–Crippen LogP) is 3.67. The van der Waals surface area contributed by atoms with Gasteiger partial charge in [-0.2, -0.15) is 0 Å². The van der Waals surface area contributed by atoms with Crippen LogP contribution < -0.4 is 15.4 Å². The van der Waals surface area contributed by atoms with Crippen molar-refractivity contribution in [1.82, 2.24) is 15.3 Å². The number of aromatic nitrogens is 2. The van der Waals surface area contributed by atoms with E-state index in [1.165, 1.54) is 23.9 Å². The van der Waals surface area contributed by atoms with Crippen molar-refractivity contribution in [2.24, 2.45) is 0 Å². The lowest BCUT2D eigenvalue weighted by molar-refractivity contribution is -0.139. The van der Waals surface area contributed by atoms with Gasteiger partial charge in [-0.25, -0.2) is 14.2 Å². The summed E-state index contributed by atoms with van der Waals surface area (Å²) in [7, 11) is 0. The molecule has 1 atom stereocenters. The average Bonchev–Trinajstić information content (AvgIpc) is 2.84. The third kappa shape index (κ3) is 6.24. The lowest BCUT2D eigenvalue weighted by Crippen LogP contribution is -2.42. The van der Waals surface area contributed by atoms with Gasteiger partial charge in [-0.05, 0) is 48.7 Å². The third-order valence-corrected chi connectivity index (χ3v) is 5.90. The number of amides is 1. The average molecular weight is 499 g/mol. The molecule has 1 aromatic carbocycles. The van der Waals surface area contributed by atoms with Crippen LogP contribution in [0.3, 0.4) is 0 Å². The molecule has 2 aromatic heterocycles. The van der Waals surface area contributed by atoms with Crippen molar-refractivity contribution >= 4 is 29.3 Å². The topological polar surface area (TPSA) is 113 Å². The second-order valence-corrected chi connectivity index (χ2v) is 8.50. The van der Waals surface area contributed by atoms with Crippen LogP contribution in [0.4, 0.5) is 10.2 Å². The molecule has 0 saturated carbocycles. The van der Waals surface area contributed by atoms with Gasteiger partial charge in [0.2, 0.25) is 0 Å². The van der Waals surface area contributed by atoms with Crippen molar-refractivity contribution in [3.63, 3.8) is 0 Å². The number of nitrogens with one attached hydrogen (secondary N) is 2. The number of carboxylic acid groups (broad SMARTS) is 1. The fourth-order valence-electron chi connectivity index (χ4n) is 3.75. The van der Waals surface area contributed by atoms with E-state index in [-0.39, 0.29) is 11.4 Å². The zero-order valence-corrected chi connectivity index (χ0v) is 19.5. The minimum absolute atomic E-state index is 0.0977. The molecular weight excluding hydrogens is 475 g/mol. The Morgan fingerprint density at radius 2 is 2.03 bits per heavy atom. The van der Waals surface area contributed by atoms with Gasteiger partial charge < -0.3 is 20.5 Å². The molecule has 3 aromatic rings. The molecule has 3 N–H and O–H groups in total. The number of hydrogen-bond acceptors (Lipinski definition) is 6. The molecule has 0 spiro atoms. The summed E-state index contributed by atoms with van der Waals surface area (Å²) in [4.78, 5) is 32.9. The van der Waals surface area contributed by atoms with Crippen molar-refractivity contribution in [2.45, 2.75) is 31.7 Å². The normalized spacial score (nSPS) is 13.3. The first-order chi connectivity index (χ1) is 16.9. The number of aliphatic carboxylic acids is 1. The summed E-state index contributed by atoms with van der Waals surface area (Å²) < 4.78 is 19.7. The standard InChI is InChI=1S/C25H24ClFN4O4/c26-19-4-1-5-20(27)22(19)24(32)31-21(25(33)34)13-17-8-9-18(14-29-17)35-12-10-16-7-6-15-3-2-11-28-23(15)30-16/h1,4-9,14,21H,2-3,10-13H2,(H,28,30)(H,31,32)(H,33,34)/t21-/m0/s1. The lowest BCUT2D eigenvalue weighted by atomic mass is 10.1. The highest BCUT2D eigenvalue weighted by atomic mass is 35.5. The number of halogens is 2. The van der Waals surface area contributed by atoms with Crippen LogP contribution in [0, 0.1) is 5.82 Å². The first kappa shape index (κ1) is 24.4.